The Morgan fingerprint density at radius 3 is 3.00 bits per heavy atom. The van der Waals surface area contributed by atoms with Crippen LogP contribution in [0.3, 0.4) is 0 Å². The van der Waals surface area contributed by atoms with Gasteiger partial charge < -0.3 is 15.2 Å². The van der Waals surface area contributed by atoms with E-state index in [4.69, 9.17) is 10.4 Å². The Balaban J connectivity index is 3.06. The van der Waals surface area contributed by atoms with Gasteiger partial charge >= 0.3 is 0 Å². The van der Waals surface area contributed by atoms with Gasteiger partial charge in [0, 0.05) is 13.7 Å². The SMILES string of the molecule is COCC(O)CNCC#N. The molecule has 1 atom stereocenters. The van der Waals surface area contributed by atoms with E-state index in [0.717, 1.165) is 0 Å². The minimum absolute atomic E-state index is 0.265. The molecule has 0 aliphatic heterocycles. The smallest absolute Gasteiger partial charge is 0.0897 e. The van der Waals surface area contributed by atoms with Crippen LogP contribution in [-0.4, -0.2) is 38.0 Å². The molecular formula is C6H12N2O2. The maximum absolute atomic E-state index is 8.98. The molecule has 0 amide bonds. The fourth-order valence-electron chi connectivity index (χ4n) is 0.546. The van der Waals surface area contributed by atoms with Crippen molar-refractivity contribution in [1.29, 1.82) is 5.26 Å². The first kappa shape index (κ1) is 9.37. The summed E-state index contributed by atoms with van der Waals surface area (Å²) in [5.74, 6) is 0. The zero-order valence-electron chi connectivity index (χ0n) is 6.00. The topological polar surface area (TPSA) is 65.3 Å². The van der Waals surface area contributed by atoms with Crippen LogP contribution in [0.25, 0.3) is 0 Å². The average molecular weight is 144 g/mol. The number of aliphatic hydroxyl groups excluding tert-OH is 1. The molecule has 0 aliphatic rings. The van der Waals surface area contributed by atoms with Crippen LogP contribution < -0.4 is 5.32 Å². The number of ether oxygens (including phenoxy) is 1. The second-order valence-corrected chi connectivity index (χ2v) is 1.90. The van der Waals surface area contributed by atoms with Crippen molar-refractivity contribution in [3.8, 4) is 6.07 Å². The van der Waals surface area contributed by atoms with E-state index < -0.39 is 6.10 Å². The van der Waals surface area contributed by atoms with E-state index in [9.17, 15) is 0 Å². The van der Waals surface area contributed by atoms with Crippen LogP contribution in [0.1, 0.15) is 0 Å². The second kappa shape index (κ2) is 6.49. The Bertz CT molecular complexity index is 111. The molecule has 0 bridgehead atoms. The van der Waals surface area contributed by atoms with Crippen molar-refractivity contribution in [3.63, 3.8) is 0 Å². The minimum atomic E-state index is -0.515. The zero-order valence-corrected chi connectivity index (χ0v) is 6.00. The predicted molar refractivity (Wildman–Crippen MR) is 36.4 cm³/mol. The number of nitrogens with one attached hydrogen (secondary N) is 1. The van der Waals surface area contributed by atoms with Crippen LogP contribution in [0, 0.1) is 11.3 Å². The minimum Gasteiger partial charge on any atom is -0.389 e. The molecule has 0 heterocycles. The highest BCUT2D eigenvalue weighted by Crippen LogP contribution is 1.79. The lowest BCUT2D eigenvalue weighted by Gasteiger charge is -2.07. The fourth-order valence-corrected chi connectivity index (χ4v) is 0.546. The van der Waals surface area contributed by atoms with Gasteiger partial charge in [-0.2, -0.15) is 5.26 Å². The molecule has 0 fully saturated rings. The molecule has 0 aromatic rings. The van der Waals surface area contributed by atoms with Crippen LogP contribution in [0.5, 0.6) is 0 Å². The summed E-state index contributed by atoms with van der Waals surface area (Å²) in [5.41, 5.74) is 0. The summed E-state index contributed by atoms with van der Waals surface area (Å²) in [7, 11) is 1.52. The number of hydrogen-bond acceptors (Lipinski definition) is 4. The number of hydrogen-bond donors (Lipinski definition) is 2. The third kappa shape index (κ3) is 5.51. The normalized spacial score (nSPS) is 12.5. The van der Waals surface area contributed by atoms with Crippen molar-refractivity contribution >= 4 is 0 Å². The molecule has 4 heteroatoms. The Morgan fingerprint density at radius 2 is 2.50 bits per heavy atom. The maximum Gasteiger partial charge on any atom is 0.0897 e. The molecule has 0 radical (unpaired) electrons. The molecule has 1 unspecified atom stereocenters. The van der Waals surface area contributed by atoms with E-state index in [1.165, 1.54) is 7.11 Å². The van der Waals surface area contributed by atoms with Gasteiger partial charge in [-0.1, -0.05) is 0 Å². The Labute approximate surface area is 60.4 Å². The second-order valence-electron chi connectivity index (χ2n) is 1.90. The number of methoxy groups -OCH3 is 1. The molecule has 0 aliphatic carbocycles. The van der Waals surface area contributed by atoms with E-state index in [-0.39, 0.29) is 6.54 Å². The summed E-state index contributed by atoms with van der Waals surface area (Å²) >= 11 is 0. The highest BCUT2D eigenvalue weighted by atomic mass is 16.5. The monoisotopic (exact) mass is 144 g/mol. The van der Waals surface area contributed by atoms with Crippen molar-refractivity contribution in [2.24, 2.45) is 0 Å². The Hall–Kier alpha value is -0.630. The highest BCUT2D eigenvalue weighted by Gasteiger charge is 2.00. The first-order valence-electron chi connectivity index (χ1n) is 3.06. The van der Waals surface area contributed by atoms with Gasteiger partial charge in [0.05, 0.1) is 25.3 Å². The van der Waals surface area contributed by atoms with Crippen LogP contribution in [0.15, 0.2) is 0 Å². The lowest BCUT2D eigenvalue weighted by Crippen LogP contribution is -2.30. The third-order valence-electron chi connectivity index (χ3n) is 0.943. The lowest BCUT2D eigenvalue weighted by molar-refractivity contribution is 0.0653. The van der Waals surface area contributed by atoms with Crippen LogP contribution in [-0.2, 0) is 4.74 Å². The molecule has 2 N–H and O–H groups in total. The Morgan fingerprint density at radius 1 is 1.80 bits per heavy atom. The van der Waals surface area contributed by atoms with Gasteiger partial charge in [-0.25, -0.2) is 0 Å². The fraction of sp³-hybridized carbons (Fsp3) is 0.833. The average Bonchev–Trinajstić information content (AvgIpc) is 1.89. The quantitative estimate of drug-likeness (QED) is 0.388. The molecule has 0 saturated carbocycles. The maximum atomic E-state index is 8.98. The Kier molecular flexibility index (Phi) is 6.08. The van der Waals surface area contributed by atoms with Gasteiger partial charge in [-0.05, 0) is 0 Å². The summed E-state index contributed by atoms with van der Waals surface area (Å²) in [6.45, 7) is 0.973. The van der Waals surface area contributed by atoms with Gasteiger partial charge in [-0.15, -0.1) is 0 Å². The summed E-state index contributed by atoms with van der Waals surface area (Å²) < 4.78 is 4.66. The van der Waals surface area contributed by atoms with Crippen molar-refractivity contribution in [1.82, 2.24) is 5.32 Å². The van der Waals surface area contributed by atoms with Crippen molar-refractivity contribution in [3.05, 3.63) is 0 Å². The summed E-state index contributed by atoms with van der Waals surface area (Å²) in [6.07, 6.45) is -0.515. The van der Waals surface area contributed by atoms with Crippen LogP contribution >= 0.6 is 0 Å². The molecule has 0 rings (SSSR count). The van der Waals surface area contributed by atoms with Gasteiger partial charge in [0.15, 0.2) is 0 Å². The molecule has 0 aromatic carbocycles. The molecule has 0 spiro atoms. The number of aliphatic hydroxyl groups is 1. The van der Waals surface area contributed by atoms with Crippen molar-refractivity contribution in [2.45, 2.75) is 6.10 Å². The number of nitrogens with zero attached hydrogens (tertiary/aromatic N) is 1. The molecule has 0 saturated heterocycles. The van der Waals surface area contributed by atoms with E-state index in [2.05, 4.69) is 10.1 Å². The van der Waals surface area contributed by atoms with Crippen LogP contribution in [0.4, 0.5) is 0 Å². The van der Waals surface area contributed by atoms with Gasteiger partial charge in [0.25, 0.3) is 0 Å². The van der Waals surface area contributed by atoms with Gasteiger partial charge in [0.1, 0.15) is 0 Å². The summed E-state index contributed by atoms with van der Waals surface area (Å²) in [5, 5.41) is 19.8. The predicted octanol–water partition coefficient (Wildman–Crippen LogP) is -0.893. The van der Waals surface area contributed by atoms with E-state index in [0.29, 0.717) is 13.2 Å². The first-order valence-corrected chi connectivity index (χ1v) is 3.06. The zero-order chi connectivity index (χ0) is 7.82. The van der Waals surface area contributed by atoms with Crippen LogP contribution in [0.2, 0.25) is 0 Å². The summed E-state index contributed by atoms with van der Waals surface area (Å²) in [4.78, 5) is 0. The first-order chi connectivity index (χ1) is 4.81. The van der Waals surface area contributed by atoms with E-state index in [1.807, 2.05) is 6.07 Å². The highest BCUT2D eigenvalue weighted by molar-refractivity contribution is 4.73. The van der Waals surface area contributed by atoms with Gasteiger partial charge in [0.2, 0.25) is 0 Å². The molecule has 0 aromatic heterocycles. The van der Waals surface area contributed by atoms with Crippen molar-refractivity contribution < 1.29 is 9.84 Å². The van der Waals surface area contributed by atoms with E-state index >= 15 is 0 Å². The summed E-state index contributed by atoms with van der Waals surface area (Å²) in [6, 6.07) is 1.90. The number of nitriles is 1. The standard InChI is InChI=1S/C6H12N2O2/c1-10-5-6(9)4-8-3-2-7/h6,8-9H,3-5H2,1H3. The number of rotatable bonds is 5. The molecule has 10 heavy (non-hydrogen) atoms. The van der Waals surface area contributed by atoms with Gasteiger partial charge in [-0.3, -0.25) is 0 Å². The van der Waals surface area contributed by atoms with Crippen molar-refractivity contribution in [2.75, 3.05) is 26.8 Å². The van der Waals surface area contributed by atoms with E-state index in [1.54, 1.807) is 0 Å². The molecule has 4 nitrogen and oxygen atoms in total. The largest absolute Gasteiger partial charge is 0.389 e. The molecule has 58 valence electrons. The lowest BCUT2D eigenvalue weighted by atomic mass is 10.4. The third-order valence-corrected chi connectivity index (χ3v) is 0.943. The molecular weight excluding hydrogens is 132 g/mol.